The summed E-state index contributed by atoms with van der Waals surface area (Å²) in [6.07, 6.45) is 0. The van der Waals surface area contributed by atoms with Crippen LogP contribution in [0.1, 0.15) is 6.92 Å². The minimum absolute atomic E-state index is 0. The molecule has 0 saturated heterocycles. The first kappa shape index (κ1) is 22.6. The van der Waals surface area contributed by atoms with Crippen LogP contribution in [0.3, 0.4) is 0 Å². The first-order chi connectivity index (χ1) is 3.73. The van der Waals surface area contributed by atoms with Crippen LogP contribution in [0.2, 0.25) is 0 Å². The van der Waals surface area contributed by atoms with Gasteiger partial charge in [-0.3, -0.25) is 8.42 Å². The number of aliphatic carboxylic acids is 1. The van der Waals surface area contributed by atoms with Crippen LogP contribution in [0.4, 0.5) is 0 Å². The molecule has 0 aromatic carbocycles. The molecule has 6 nitrogen and oxygen atoms in total. The number of carboxylic acids is 1. The molecule has 0 bridgehead atoms. The standard InChI is InChI=1S/C2H4O2.2Mg.H2O4S/c1-2(3)4;;;1-5(2,3)4/h1H3,(H,3,4);;;(H2,1,2,3,4)/q;2*+2;/p-3. The molecule has 0 fully saturated rings. The van der Waals surface area contributed by atoms with E-state index < -0.39 is 16.4 Å². The van der Waals surface area contributed by atoms with Gasteiger partial charge in [-0.1, -0.05) is 0 Å². The van der Waals surface area contributed by atoms with Gasteiger partial charge in [-0.25, -0.2) is 0 Å². The fraction of sp³-hybridized carbons (Fsp3) is 0.500. The summed E-state index contributed by atoms with van der Waals surface area (Å²) in [5, 5.41) is 8.89. The molecule has 9 heteroatoms. The minimum Gasteiger partial charge on any atom is -0.759 e. The third kappa shape index (κ3) is 1120. The van der Waals surface area contributed by atoms with Crippen molar-refractivity contribution in [3.05, 3.63) is 0 Å². The first-order valence-electron chi connectivity index (χ1n) is 1.57. The summed E-state index contributed by atoms with van der Waals surface area (Å²) in [7, 11) is -5.17. The molecule has 0 amide bonds. The number of hydrogen-bond donors (Lipinski definition) is 0. The normalized spacial score (nSPS) is 7.55. The predicted molar refractivity (Wildman–Crippen MR) is 32.7 cm³/mol. The van der Waals surface area contributed by atoms with E-state index in [1.807, 2.05) is 0 Å². The largest absolute Gasteiger partial charge is 2.00 e. The van der Waals surface area contributed by atoms with Crippen molar-refractivity contribution in [2.75, 3.05) is 0 Å². The van der Waals surface area contributed by atoms with Crippen molar-refractivity contribution >= 4 is 62.5 Å². The molecule has 0 aromatic heterocycles. The average molecular weight is 204 g/mol. The van der Waals surface area contributed by atoms with Gasteiger partial charge >= 0.3 is 46.1 Å². The van der Waals surface area contributed by atoms with E-state index >= 15 is 0 Å². The molecule has 56 valence electrons. The van der Waals surface area contributed by atoms with Crippen LogP contribution in [0.25, 0.3) is 0 Å². The van der Waals surface area contributed by atoms with Crippen molar-refractivity contribution in [2.24, 2.45) is 0 Å². The maximum Gasteiger partial charge on any atom is 2.00 e. The van der Waals surface area contributed by atoms with Gasteiger partial charge in [0.2, 0.25) is 0 Å². The van der Waals surface area contributed by atoms with Crippen molar-refractivity contribution in [3.8, 4) is 0 Å². The molecular weight excluding hydrogens is 201 g/mol. The van der Waals surface area contributed by atoms with Crippen LogP contribution >= 0.6 is 0 Å². The van der Waals surface area contributed by atoms with Gasteiger partial charge in [0.1, 0.15) is 0 Å². The van der Waals surface area contributed by atoms with E-state index in [9.17, 15) is 0 Å². The molecule has 0 rings (SSSR count). The molecule has 0 unspecified atom stereocenters. The van der Waals surface area contributed by atoms with Gasteiger partial charge < -0.3 is 19.0 Å². The second-order valence-electron chi connectivity index (χ2n) is 0.900. The topological polar surface area (TPSA) is 120 Å². The number of carbonyl (C=O) groups excluding carboxylic acids is 1. The second-order valence-corrected chi connectivity index (χ2v) is 1.72. The molecule has 0 spiro atoms. The number of carbonyl (C=O) groups is 1. The SMILES string of the molecule is CC(=O)[O-].O=S(=O)([O-])[O-].[Mg+2].[Mg+2]. The van der Waals surface area contributed by atoms with E-state index in [2.05, 4.69) is 0 Å². The van der Waals surface area contributed by atoms with Crippen molar-refractivity contribution < 1.29 is 27.4 Å². The molecule has 0 saturated carbocycles. The Balaban J connectivity index is -0.0000000383. The molecule has 0 atom stereocenters. The number of carboxylic acid groups (broad SMARTS) is 1. The smallest absolute Gasteiger partial charge is 0.759 e. The van der Waals surface area contributed by atoms with E-state index in [0.29, 0.717) is 0 Å². The average Bonchev–Trinajstić information content (AvgIpc) is 1.19. The van der Waals surface area contributed by atoms with Crippen LogP contribution in [0.15, 0.2) is 0 Å². The van der Waals surface area contributed by atoms with E-state index in [4.69, 9.17) is 27.4 Å². The fourth-order valence-corrected chi connectivity index (χ4v) is 0. The van der Waals surface area contributed by atoms with Crippen LogP contribution in [0, 0.1) is 0 Å². The van der Waals surface area contributed by atoms with Gasteiger partial charge in [-0.05, 0) is 6.92 Å². The summed E-state index contributed by atoms with van der Waals surface area (Å²) < 4.78 is 34.1. The summed E-state index contributed by atoms with van der Waals surface area (Å²) >= 11 is 0. The van der Waals surface area contributed by atoms with E-state index in [1.54, 1.807) is 0 Å². The number of hydrogen-bond acceptors (Lipinski definition) is 6. The molecule has 11 heavy (non-hydrogen) atoms. The molecule has 0 radical (unpaired) electrons. The summed E-state index contributed by atoms with van der Waals surface area (Å²) in [4.78, 5) is 8.89. The molecular formula is C2H3Mg2O6S+. The van der Waals surface area contributed by atoms with Gasteiger partial charge in [0.15, 0.2) is 0 Å². The Kier molecular flexibility index (Phi) is 22.4. The Morgan fingerprint density at radius 3 is 1.18 bits per heavy atom. The fourth-order valence-electron chi connectivity index (χ4n) is 0. The summed E-state index contributed by atoms with van der Waals surface area (Å²) in [5.41, 5.74) is 0. The van der Waals surface area contributed by atoms with Gasteiger partial charge in [0.05, 0.1) is 0 Å². The van der Waals surface area contributed by atoms with Crippen LogP contribution < -0.4 is 5.11 Å². The zero-order valence-electron chi connectivity index (χ0n) is 5.77. The Morgan fingerprint density at radius 2 is 1.18 bits per heavy atom. The molecule has 0 aromatic rings. The Hall–Kier alpha value is 0.872. The van der Waals surface area contributed by atoms with E-state index in [0.717, 1.165) is 6.92 Å². The maximum atomic E-state index is 8.89. The molecule has 0 aliphatic heterocycles. The zero-order valence-corrected chi connectivity index (χ0v) is 9.42. The van der Waals surface area contributed by atoms with Gasteiger partial charge in [0.25, 0.3) is 0 Å². The second kappa shape index (κ2) is 10.9. The Morgan fingerprint density at radius 1 is 1.18 bits per heavy atom. The third-order valence-corrected chi connectivity index (χ3v) is 0. The Bertz CT molecular complexity index is 161. The monoisotopic (exact) mass is 203 g/mol. The van der Waals surface area contributed by atoms with E-state index in [1.165, 1.54) is 0 Å². The van der Waals surface area contributed by atoms with Crippen molar-refractivity contribution in [1.29, 1.82) is 0 Å². The van der Waals surface area contributed by atoms with Gasteiger partial charge in [0, 0.05) is 16.4 Å². The van der Waals surface area contributed by atoms with Gasteiger partial charge in [-0.2, -0.15) is 0 Å². The van der Waals surface area contributed by atoms with E-state index in [-0.39, 0.29) is 46.1 Å². The first-order valence-corrected chi connectivity index (χ1v) is 2.91. The summed E-state index contributed by atoms with van der Waals surface area (Å²) in [6.45, 7) is 0.972. The van der Waals surface area contributed by atoms with Crippen molar-refractivity contribution in [1.82, 2.24) is 0 Å². The maximum absolute atomic E-state index is 8.89. The summed E-state index contributed by atoms with van der Waals surface area (Å²) in [5.74, 6) is -1.08. The molecule has 0 heterocycles. The third-order valence-electron chi connectivity index (χ3n) is 0. The van der Waals surface area contributed by atoms with Crippen molar-refractivity contribution in [2.45, 2.75) is 6.92 Å². The zero-order chi connectivity index (χ0) is 8.08. The van der Waals surface area contributed by atoms with Crippen LogP contribution in [0.5, 0.6) is 0 Å². The molecule has 0 N–H and O–H groups in total. The minimum atomic E-state index is -5.17. The number of rotatable bonds is 0. The summed E-state index contributed by atoms with van der Waals surface area (Å²) in [6, 6.07) is 0. The van der Waals surface area contributed by atoms with Gasteiger partial charge in [-0.15, -0.1) is 0 Å². The molecule has 0 aliphatic rings. The quantitative estimate of drug-likeness (QED) is 0.231. The van der Waals surface area contributed by atoms with Crippen LogP contribution in [-0.4, -0.2) is 69.6 Å². The van der Waals surface area contributed by atoms with Crippen LogP contribution in [-0.2, 0) is 15.2 Å². The van der Waals surface area contributed by atoms with Crippen molar-refractivity contribution in [3.63, 3.8) is 0 Å². The molecule has 0 aliphatic carbocycles. The Labute approximate surface area is 96.2 Å². The predicted octanol–water partition coefficient (Wildman–Crippen LogP) is -3.34.